The Morgan fingerprint density at radius 1 is 0.690 bits per heavy atom. The molecule has 2 aliphatic heterocycles. The molecule has 0 aliphatic carbocycles. The van der Waals surface area contributed by atoms with Gasteiger partial charge in [-0.2, -0.15) is 8.61 Å². The molecule has 4 aromatic rings. The number of hydrogen-bond acceptors (Lipinski definition) is 7. The average Bonchev–Trinajstić information content (AvgIpc) is 3.47. The number of benzene rings is 3. The van der Waals surface area contributed by atoms with Crippen molar-refractivity contribution < 1.29 is 31.2 Å². The summed E-state index contributed by atoms with van der Waals surface area (Å²) in [7, 11) is -7.01. The van der Waals surface area contributed by atoms with E-state index in [2.05, 4.69) is 4.98 Å². The molecule has 12 heteroatoms. The largest absolute Gasteiger partial charge is 0.478 e. The van der Waals surface area contributed by atoms with E-state index in [-0.39, 0.29) is 10.5 Å². The minimum Gasteiger partial charge on any atom is -0.478 e. The van der Waals surface area contributed by atoms with Crippen LogP contribution in [0.1, 0.15) is 48.9 Å². The topological polar surface area (TPSA) is 138 Å². The lowest BCUT2D eigenvalue weighted by Crippen LogP contribution is -2.35. The van der Waals surface area contributed by atoms with Crippen LogP contribution in [0.25, 0.3) is 22.6 Å². The van der Waals surface area contributed by atoms with Gasteiger partial charge in [-0.15, -0.1) is 0 Å². The van der Waals surface area contributed by atoms with Crippen LogP contribution in [-0.4, -0.2) is 67.7 Å². The summed E-state index contributed by atoms with van der Waals surface area (Å²) < 4.78 is 59.0. The molecule has 0 unspecified atom stereocenters. The van der Waals surface area contributed by atoms with Gasteiger partial charge in [-0.05, 0) is 74.2 Å². The number of carbonyl (C=O) groups is 1. The third-order valence-electron chi connectivity index (χ3n) is 7.36. The molecule has 2 saturated heterocycles. The summed E-state index contributed by atoms with van der Waals surface area (Å²) in [6.07, 6.45) is 5.69. The lowest BCUT2D eigenvalue weighted by atomic mass is 10.2. The molecule has 0 bridgehead atoms. The lowest BCUT2D eigenvalue weighted by Gasteiger charge is -2.25. The molecule has 0 radical (unpaired) electrons. The van der Waals surface area contributed by atoms with Gasteiger partial charge in [-0.1, -0.05) is 37.1 Å². The number of sulfonamides is 2. The SMILES string of the molecule is O=C(O)c1cccc(S(=O)(=O)N2CCCCC2)c1.O=S(=O)(c1cccc(-c2nc3ccccc3o2)c1)N1CCCCC1. The summed E-state index contributed by atoms with van der Waals surface area (Å²) in [5, 5.41) is 8.88. The molecule has 6 rings (SSSR count). The van der Waals surface area contributed by atoms with E-state index in [1.165, 1.54) is 28.6 Å². The number of oxazole rings is 1. The number of aromatic nitrogens is 1. The number of nitrogens with zero attached hydrogens (tertiary/aromatic N) is 3. The molecule has 0 amide bonds. The number of rotatable bonds is 6. The first-order valence-corrected chi connectivity index (χ1v) is 16.8. The van der Waals surface area contributed by atoms with Gasteiger partial charge in [0.05, 0.1) is 15.4 Å². The Morgan fingerprint density at radius 3 is 1.81 bits per heavy atom. The molecule has 1 N–H and O–H groups in total. The zero-order chi connectivity index (χ0) is 29.7. The van der Waals surface area contributed by atoms with E-state index in [1.807, 2.05) is 30.3 Å². The minimum atomic E-state index is -3.55. The average molecular weight is 612 g/mol. The minimum absolute atomic E-state index is 0.00640. The number of piperidine rings is 2. The predicted molar refractivity (Wildman–Crippen MR) is 158 cm³/mol. The maximum atomic E-state index is 12.8. The van der Waals surface area contributed by atoms with Crippen LogP contribution in [0, 0.1) is 0 Å². The summed E-state index contributed by atoms with van der Waals surface area (Å²) >= 11 is 0. The summed E-state index contributed by atoms with van der Waals surface area (Å²) in [5.41, 5.74) is 2.12. The van der Waals surface area contributed by atoms with Gasteiger partial charge in [-0.3, -0.25) is 0 Å². The highest BCUT2D eigenvalue weighted by molar-refractivity contribution is 7.89. The molecule has 222 valence electrons. The van der Waals surface area contributed by atoms with Crippen LogP contribution in [-0.2, 0) is 20.0 Å². The standard InChI is InChI=1S/C18H18N2O3S.C12H15NO4S/c21-24(22,20-11-4-1-5-12-20)15-8-6-7-14(13-15)18-19-16-9-2-3-10-17(16)23-18;14-12(15)10-5-4-6-11(9-10)18(16,17)13-7-2-1-3-8-13/h2-3,6-10,13H,1,4-5,11-12H2;4-6,9H,1-3,7-8H2,(H,14,15). The fraction of sp³-hybridized carbons (Fsp3) is 0.333. The Kier molecular flexibility index (Phi) is 9.07. The van der Waals surface area contributed by atoms with Crippen molar-refractivity contribution in [1.82, 2.24) is 13.6 Å². The lowest BCUT2D eigenvalue weighted by molar-refractivity contribution is 0.0696. The van der Waals surface area contributed by atoms with E-state index in [0.717, 1.165) is 44.0 Å². The van der Waals surface area contributed by atoms with Crippen molar-refractivity contribution in [2.75, 3.05) is 26.2 Å². The molecule has 2 fully saturated rings. The zero-order valence-electron chi connectivity index (χ0n) is 23.1. The quantitative estimate of drug-likeness (QED) is 0.313. The van der Waals surface area contributed by atoms with E-state index in [4.69, 9.17) is 9.52 Å². The van der Waals surface area contributed by atoms with Crippen LogP contribution in [0.5, 0.6) is 0 Å². The van der Waals surface area contributed by atoms with E-state index < -0.39 is 26.0 Å². The molecule has 1 aromatic heterocycles. The van der Waals surface area contributed by atoms with Crippen LogP contribution in [0.2, 0.25) is 0 Å². The molecular formula is C30H33N3O7S2. The summed E-state index contributed by atoms with van der Waals surface area (Å²) in [6.45, 7) is 2.21. The number of fused-ring (bicyclic) bond motifs is 1. The van der Waals surface area contributed by atoms with Crippen molar-refractivity contribution in [3.63, 3.8) is 0 Å². The van der Waals surface area contributed by atoms with Crippen molar-refractivity contribution in [2.24, 2.45) is 0 Å². The first-order chi connectivity index (χ1) is 20.2. The van der Waals surface area contributed by atoms with Crippen molar-refractivity contribution in [3.8, 4) is 11.5 Å². The molecule has 10 nitrogen and oxygen atoms in total. The van der Waals surface area contributed by atoms with E-state index >= 15 is 0 Å². The second-order valence-electron chi connectivity index (χ2n) is 10.3. The Morgan fingerprint density at radius 2 is 1.24 bits per heavy atom. The maximum Gasteiger partial charge on any atom is 0.335 e. The van der Waals surface area contributed by atoms with Crippen LogP contribution in [0.4, 0.5) is 0 Å². The Hall–Kier alpha value is -3.58. The van der Waals surface area contributed by atoms with E-state index in [0.29, 0.717) is 48.1 Å². The molecule has 42 heavy (non-hydrogen) atoms. The number of para-hydroxylation sites is 2. The first kappa shape index (κ1) is 29.9. The van der Waals surface area contributed by atoms with Crippen molar-refractivity contribution >= 4 is 37.1 Å². The van der Waals surface area contributed by atoms with Gasteiger partial charge in [0.25, 0.3) is 0 Å². The number of carboxylic acids is 1. The fourth-order valence-corrected chi connectivity index (χ4v) is 8.21. The second-order valence-corrected chi connectivity index (χ2v) is 14.2. The number of aromatic carboxylic acids is 1. The highest BCUT2D eigenvalue weighted by Gasteiger charge is 2.27. The Bertz CT molecular complexity index is 1740. The summed E-state index contributed by atoms with van der Waals surface area (Å²) in [5.74, 6) is -0.683. The third-order valence-corrected chi connectivity index (χ3v) is 11.2. The van der Waals surface area contributed by atoms with Crippen LogP contribution < -0.4 is 0 Å². The van der Waals surface area contributed by atoms with Gasteiger partial charge in [0.2, 0.25) is 25.9 Å². The highest BCUT2D eigenvalue weighted by atomic mass is 32.2. The van der Waals surface area contributed by atoms with Gasteiger partial charge in [0, 0.05) is 31.7 Å². The predicted octanol–water partition coefficient (Wildman–Crippen LogP) is 5.23. The number of carboxylic acid groups (broad SMARTS) is 1. The second kappa shape index (κ2) is 12.7. The van der Waals surface area contributed by atoms with Gasteiger partial charge in [0.1, 0.15) is 5.52 Å². The van der Waals surface area contributed by atoms with Crippen molar-refractivity contribution in [1.29, 1.82) is 0 Å². The van der Waals surface area contributed by atoms with E-state index in [1.54, 1.807) is 22.5 Å². The van der Waals surface area contributed by atoms with Crippen LogP contribution in [0.15, 0.2) is 87.0 Å². The normalized spacial score (nSPS) is 17.0. The van der Waals surface area contributed by atoms with Gasteiger partial charge in [-0.25, -0.2) is 26.6 Å². The first-order valence-electron chi connectivity index (χ1n) is 14.0. The monoisotopic (exact) mass is 611 g/mol. The van der Waals surface area contributed by atoms with Crippen molar-refractivity contribution in [2.45, 2.75) is 48.3 Å². The summed E-state index contributed by atoms with van der Waals surface area (Å²) in [6, 6.07) is 19.8. The molecule has 0 spiro atoms. The number of hydrogen-bond donors (Lipinski definition) is 1. The smallest absolute Gasteiger partial charge is 0.335 e. The van der Waals surface area contributed by atoms with Crippen LogP contribution >= 0.6 is 0 Å². The molecular weight excluding hydrogens is 578 g/mol. The Balaban J connectivity index is 0.000000176. The third kappa shape index (κ3) is 6.57. The fourth-order valence-electron chi connectivity index (χ4n) is 5.08. The summed E-state index contributed by atoms with van der Waals surface area (Å²) in [4.78, 5) is 15.6. The van der Waals surface area contributed by atoms with E-state index in [9.17, 15) is 21.6 Å². The molecule has 3 heterocycles. The Labute approximate surface area is 245 Å². The van der Waals surface area contributed by atoms with Gasteiger partial charge in [0.15, 0.2) is 5.58 Å². The van der Waals surface area contributed by atoms with Crippen molar-refractivity contribution in [3.05, 3.63) is 78.4 Å². The molecule has 0 saturated carbocycles. The zero-order valence-corrected chi connectivity index (χ0v) is 24.7. The maximum absolute atomic E-state index is 12.8. The van der Waals surface area contributed by atoms with Gasteiger partial charge < -0.3 is 9.52 Å². The molecule has 0 atom stereocenters. The highest BCUT2D eigenvalue weighted by Crippen LogP contribution is 2.28. The van der Waals surface area contributed by atoms with Gasteiger partial charge >= 0.3 is 5.97 Å². The molecule has 2 aliphatic rings. The van der Waals surface area contributed by atoms with Crippen LogP contribution in [0.3, 0.4) is 0 Å². The molecule has 3 aromatic carbocycles.